The maximum Gasteiger partial charge on any atom is 0.458 e. The molecule has 3 N–H and O–H groups in total. The highest BCUT2D eigenvalue weighted by Gasteiger charge is 2.60. The number of nitrogens with one attached hydrogen (secondary N) is 2. The van der Waals surface area contributed by atoms with E-state index in [9.17, 15) is 18.3 Å². The van der Waals surface area contributed by atoms with Crippen LogP contribution in [0.15, 0.2) is 41.9 Å². The summed E-state index contributed by atoms with van der Waals surface area (Å²) in [5.41, 5.74) is 2.46. The highest BCUT2D eigenvalue weighted by atomic mass is 19.4. The van der Waals surface area contributed by atoms with Gasteiger partial charge in [-0.25, -0.2) is 4.98 Å². The highest BCUT2D eigenvalue weighted by Crippen LogP contribution is 2.38. The number of aromatic nitrogens is 2. The molecule has 128 valence electrons. The molecule has 0 bridgehead atoms. The molecule has 1 aliphatic rings. The lowest BCUT2D eigenvalue weighted by atomic mass is 10.0. The summed E-state index contributed by atoms with van der Waals surface area (Å²) in [6.45, 7) is 1.22. The van der Waals surface area contributed by atoms with Crippen molar-refractivity contribution >= 4 is 5.71 Å². The predicted molar refractivity (Wildman–Crippen MR) is 78.8 cm³/mol. The van der Waals surface area contributed by atoms with E-state index in [-0.39, 0.29) is 5.71 Å². The largest absolute Gasteiger partial charge is 0.458 e. The van der Waals surface area contributed by atoms with Crippen LogP contribution in [0.3, 0.4) is 0 Å². The first-order chi connectivity index (χ1) is 11.4. The van der Waals surface area contributed by atoms with Crippen molar-refractivity contribution in [2.45, 2.75) is 31.5 Å². The Morgan fingerprint density at radius 3 is 2.58 bits per heavy atom. The number of imidazole rings is 1. The van der Waals surface area contributed by atoms with Crippen LogP contribution in [-0.4, -0.2) is 32.7 Å². The van der Waals surface area contributed by atoms with E-state index in [0.717, 1.165) is 11.3 Å². The second kappa shape index (κ2) is 6.25. The molecule has 2 aromatic rings. The second-order valence-electron chi connectivity index (χ2n) is 5.47. The highest BCUT2D eigenvalue weighted by molar-refractivity contribution is 6.01. The Morgan fingerprint density at radius 1 is 1.25 bits per heavy atom. The molecule has 0 saturated heterocycles. The van der Waals surface area contributed by atoms with E-state index in [2.05, 4.69) is 25.3 Å². The first-order valence-corrected chi connectivity index (χ1v) is 7.19. The van der Waals surface area contributed by atoms with E-state index in [4.69, 9.17) is 0 Å². The minimum Gasteiger partial charge on any atom is -0.350 e. The van der Waals surface area contributed by atoms with Gasteiger partial charge in [0.1, 0.15) is 0 Å². The molecule has 2 heterocycles. The molecule has 0 spiro atoms. The quantitative estimate of drug-likeness (QED) is 0.778. The zero-order valence-corrected chi connectivity index (χ0v) is 12.5. The van der Waals surface area contributed by atoms with Crippen LogP contribution in [0.1, 0.15) is 23.2 Å². The summed E-state index contributed by atoms with van der Waals surface area (Å²) >= 11 is 0. The van der Waals surface area contributed by atoms with Crippen LogP contribution < -0.4 is 5.32 Å². The molecule has 1 aliphatic heterocycles. The van der Waals surface area contributed by atoms with Gasteiger partial charge >= 0.3 is 12.0 Å². The van der Waals surface area contributed by atoms with Crippen molar-refractivity contribution in [3.05, 3.63) is 53.6 Å². The third-order valence-corrected chi connectivity index (χ3v) is 3.64. The normalized spacial score (nSPS) is 20.8. The van der Waals surface area contributed by atoms with Crippen LogP contribution >= 0.6 is 0 Å². The first kappa shape index (κ1) is 16.5. The summed E-state index contributed by atoms with van der Waals surface area (Å²) in [6.07, 6.45) is -2.31. The average Bonchev–Trinajstić information content (AvgIpc) is 3.18. The monoisotopic (exact) mass is 340 g/mol. The van der Waals surface area contributed by atoms with E-state index in [1.165, 1.54) is 0 Å². The number of aromatic amines is 1. The van der Waals surface area contributed by atoms with Crippen LogP contribution in [0.25, 0.3) is 0 Å². The van der Waals surface area contributed by atoms with Gasteiger partial charge in [-0.05, 0) is 11.1 Å². The molecule has 1 atom stereocenters. The van der Waals surface area contributed by atoms with E-state index in [0.29, 0.717) is 18.7 Å². The topological polar surface area (TPSA) is 82.5 Å². The van der Waals surface area contributed by atoms with Crippen LogP contribution in [0.2, 0.25) is 0 Å². The third kappa shape index (κ3) is 3.41. The summed E-state index contributed by atoms with van der Waals surface area (Å²) in [5, 5.41) is 16.0. The van der Waals surface area contributed by atoms with Gasteiger partial charge in [-0.1, -0.05) is 29.4 Å². The Bertz CT molecular complexity index is 713. The Morgan fingerprint density at radius 2 is 2.00 bits per heavy atom. The van der Waals surface area contributed by atoms with Gasteiger partial charge in [-0.2, -0.15) is 13.2 Å². The van der Waals surface area contributed by atoms with Gasteiger partial charge < -0.3 is 20.2 Å². The zero-order chi connectivity index (χ0) is 17.2. The fourth-order valence-electron chi connectivity index (χ4n) is 2.27. The SMILES string of the molecule is OC1(C(F)(F)F)CC(c2ccc(CNCc3cnc[nH]3)cc2)=NO1. The van der Waals surface area contributed by atoms with Crippen LogP contribution in [0, 0.1) is 0 Å². The van der Waals surface area contributed by atoms with Gasteiger partial charge in [-0.3, -0.25) is 0 Å². The standard InChI is InChI=1S/C15H15F3N4O2/c16-15(17,18)14(23)5-13(22-24-14)11-3-1-10(2-4-11)6-19-7-12-8-20-9-21-12/h1-4,8-9,19,23H,5-7H2,(H,20,21). The first-order valence-electron chi connectivity index (χ1n) is 7.19. The molecule has 0 aliphatic carbocycles. The average molecular weight is 340 g/mol. The van der Waals surface area contributed by atoms with Crippen molar-refractivity contribution in [3.8, 4) is 0 Å². The molecular weight excluding hydrogens is 325 g/mol. The minimum absolute atomic E-state index is 0.0618. The number of rotatable bonds is 5. The summed E-state index contributed by atoms with van der Waals surface area (Å²) in [7, 11) is 0. The number of nitrogens with zero attached hydrogens (tertiary/aromatic N) is 2. The summed E-state index contributed by atoms with van der Waals surface area (Å²) < 4.78 is 38.1. The van der Waals surface area contributed by atoms with Crippen molar-refractivity contribution in [2.75, 3.05) is 0 Å². The van der Waals surface area contributed by atoms with Gasteiger partial charge in [0, 0.05) is 25.0 Å². The molecule has 9 heteroatoms. The lowest BCUT2D eigenvalue weighted by Gasteiger charge is -2.22. The van der Waals surface area contributed by atoms with Gasteiger partial charge in [0.2, 0.25) is 0 Å². The Balaban J connectivity index is 1.57. The van der Waals surface area contributed by atoms with Crippen LogP contribution in [0.4, 0.5) is 13.2 Å². The number of benzene rings is 1. The molecule has 0 amide bonds. The molecular formula is C15H15F3N4O2. The lowest BCUT2D eigenvalue weighted by Crippen LogP contribution is -2.45. The van der Waals surface area contributed by atoms with Crippen LogP contribution in [-0.2, 0) is 17.9 Å². The van der Waals surface area contributed by atoms with Crippen molar-refractivity contribution in [1.82, 2.24) is 15.3 Å². The molecule has 1 unspecified atom stereocenters. The summed E-state index contributed by atoms with van der Waals surface area (Å²) in [4.78, 5) is 11.1. The molecule has 1 aromatic carbocycles. The lowest BCUT2D eigenvalue weighted by molar-refractivity contribution is -0.355. The number of oxime groups is 1. The van der Waals surface area contributed by atoms with Crippen molar-refractivity contribution in [1.29, 1.82) is 0 Å². The van der Waals surface area contributed by atoms with Crippen molar-refractivity contribution in [3.63, 3.8) is 0 Å². The smallest absolute Gasteiger partial charge is 0.350 e. The van der Waals surface area contributed by atoms with Gasteiger partial charge in [0.05, 0.1) is 18.5 Å². The maximum absolute atomic E-state index is 12.7. The molecule has 0 fully saturated rings. The van der Waals surface area contributed by atoms with Gasteiger partial charge in [0.15, 0.2) is 0 Å². The van der Waals surface area contributed by atoms with Gasteiger partial charge in [-0.15, -0.1) is 0 Å². The van der Waals surface area contributed by atoms with Crippen LogP contribution in [0.5, 0.6) is 0 Å². The summed E-state index contributed by atoms with van der Waals surface area (Å²) in [5.74, 6) is -3.24. The fourth-order valence-corrected chi connectivity index (χ4v) is 2.27. The van der Waals surface area contributed by atoms with Crippen molar-refractivity contribution < 1.29 is 23.1 Å². The number of hydrogen-bond donors (Lipinski definition) is 3. The number of alkyl halides is 3. The maximum atomic E-state index is 12.7. The number of aliphatic hydroxyl groups is 1. The molecule has 6 nitrogen and oxygen atoms in total. The second-order valence-corrected chi connectivity index (χ2v) is 5.47. The predicted octanol–water partition coefficient (Wildman–Crippen LogP) is 2.07. The zero-order valence-electron chi connectivity index (χ0n) is 12.5. The molecule has 0 saturated carbocycles. The number of hydrogen-bond acceptors (Lipinski definition) is 5. The fraction of sp³-hybridized carbons (Fsp3) is 0.333. The van der Waals surface area contributed by atoms with E-state index in [1.54, 1.807) is 36.8 Å². The molecule has 24 heavy (non-hydrogen) atoms. The van der Waals surface area contributed by atoms with Crippen molar-refractivity contribution in [2.24, 2.45) is 5.16 Å². The third-order valence-electron chi connectivity index (χ3n) is 3.64. The molecule has 1 aromatic heterocycles. The van der Waals surface area contributed by atoms with E-state index >= 15 is 0 Å². The summed E-state index contributed by atoms with van der Waals surface area (Å²) in [6, 6.07) is 6.86. The molecule has 0 radical (unpaired) electrons. The molecule has 3 rings (SSSR count). The Labute approximate surface area is 135 Å². The van der Waals surface area contributed by atoms with E-state index in [1.807, 2.05) is 0 Å². The van der Waals surface area contributed by atoms with Gasteiger partial charge in [0.25, 0.3) is 0 Å². The number of H-pyrrole nitrogens is 1. The van der Waals surface area contributed by atoms with E-state index < -0.39 is 18.4 Å². The Kier molecular flexibility index (Phi) is 4.29. The minimum atomic E-state index is -4.89. The Hall–Kier alpha value is -2.39. The number of halogens is 3.